The molecule has 0 spiro atoms. The number of ether oxygens (including phenoxy) is 1. The van der Waals surface area contributed by atoms with Gasteiger partial charge in [-0.2, -0.15) is 10.2 Å². The van der Waals surface area contributed by atoms with Crippen LogP contribution in [0.3, 0.4) is 0 Å². The lowest BCUT2D eigenvalue weighted by Crippen LogP contribution is -2.32. The number of nitrogens with one attached hydrogen (secondary N) is 1. The standard InChI is InChI=1S/C14H21N5O/c1-3-19-11(4-7-17-19)10-15-12-6-9-20-14(12)13-5-8-16-18(13)2/h4-5,7-8,12,14-15H,3,6,9-10H2,1-2H3/t12-,14-/m0/s1. The molecule has 3 heterocycles. The zero-order valence-electron chi connectivity index (χ0n) is 12.0. The number of hydrogen-bond acceptors (Lipinski definition) is 4. The molecule has 2 atom stereocenters. The van der Waals surface area contributed by atoms with E-state index in [-0.39, 0.29) is 6.10 Å². The summed E-state index contributed by atoms with van der Waals surface area (Å²) >= 11 is 0. The van der Waals surface area contributed by atoms with E-state index in [1.807, 2.05) is 34.9 Å². The van der Waals surface area contributed by atoms with Crippen molar-refractivity contribution in [1.82, 2.24) is 24.9 Å². The molecular weight excluding hydrogens is 254 g/mol. The Bertz CT molecular complexity index is 561. The van der Waals surface area contributed by atoms with Crippen LogP contribution in [0.2, 0.25) is 0 Å². The largest absolute Gasteiger partial charge is 0.370 e. The molecule has 0 radical (unpaired) electrons. The number of rotatable bonds is 5. The molecular formula is C14H21N5O. The Kier molecular flexibility index (Phi) is 3.84. The van der Waals surface area contributed by atoms with E-state index in [0.717, 1.165) is 31.8 Å². The number of aryl methyl sites for hydroxylation is 2. The molecule has 1 N–H and O–H groups in total. The Morgan fingerprint density at radius 3 is 2.95 bits per heavy atom. The molecule has 1 fully saturated rings. The topological polar surface area (TPSA) is 56.9 Å². The fraction of sp³-hybridized carbons (Fsp3) is 0.571. The first kappa shape index (κ1) is 13.3. The highest BCUT2D eigenvalue weighted by Crippen LogP contribution is 2.28. The molecule has 0 unspecified atom stereocenters. The number of aromatic nitrogens is 4. The zero-order valence-corrected chi connectivity index (χ0v) is 12.0. The van der Waals surface area contributed by atoms with Gasteiger partial charge in [0.15, 0.2) is 0 Å². The highest BCUT2D eigenvalue weighted by Gasteiger charge is 2.31. The van der Waals surface area contributed by atoms with Crippen molar-refractivity contribution in [3.8, 4) is 0 Å². The van der Waals surface area contributed by atoms with Crippen LogP contribution < -0.4 is 5.32 Å². The van der Waals surface area contributed by atoms with Gasteiger partial charge in [-0.1, -0.05) is 0 Å². The van der Waals surface area contributed by atoms with Crippen LogP contribution in [0.4, 0.5) is 0 Å². The fourth-order valence-corrected chi connectivity index (χ4v) is 2.78. The maximum Gasteiger partial charge on any atom is 0.114 e. The van der Waals surface area contributed by atoms with Crippen molar-refractivity contribution < 1.29 is 4.74 Å². The van der Waals surface area contributed by atoms with E-state index in [0.29, 0.717) is 6.04 Å². The Morgan fingerprint density at radius 1 is 1.35 bits per heavy atom. The van der Waals surface area contributed by atoms with Crippen LogP contribution >= 0.6 is 0 Å². The second-order valence-corrected chi connectivity index (χ2v) is 5.09. The molecule has 108 valence electrons. The second-order valence-electron chi connectivity index (χ2n) is 5.09. The molecule has 6 heteroatoms. The van der Waals surface area contributed by atoms with Crippen LogP contribution in [-0.4, -0.2) is 32.2 Å². The van der Waals surface area contributed by atoms with E-state index in [9.17, 15) is 0 Å². The molecule has 0 amide bonds. The first-order valence-corrected chi connectivity index (χ1v) is 7.13. The lowest BCUT2D eigenvalue weighted by molar-refractivity contribution is 0.0918. The molecule has 1 saturated heterocycles. The van der Waals surface area contributed by atoms with Gasteiger partial charge in [-0.15, -0.1) is 0 Å². The zero-order chi connectivity index (χ0) is 13.9. The summed E-state index contributed by atoms with van der Waals surface area (Å²) in [7, 11) is 1.96. The van der Waals surface area contributed by atoms with Gasteiger partial charge in [-0.25, -0.2) is 0 Å². The average molecular weight is 275 g/mol. The molecule has 6 nitrogen and oxygen atoms in total. The summed E-state index contributed by atoms with van der Waals surface area (Å²) in [5.41, 5.74) is 2.34. The third-order valence-electron chi connectivity index (χ3n) is 3.89. The summed E-state index contributed by atoms with van der Waals surface area (Å²) in [6.07, 6.45) is 4.78. The van der Waals surface area contributed by atoms with Crippen molar-refractivity contribution in [2.75, 3.05) is 6.61 Å². The minimum atomic E-state index is 0.0838. The van der Waals surface area contributed by atoms with Crippen LogP contribution in [-0.2, 0) is 24.9 Å². The first-order chi connectivity index (χ1) is 9.79. The Morgan fingerprint density at radius 2 is 2.20 bits per heavy atom. The monoisotopic (exact) mass is 275 g/mol. The molecule has 3 rings (SSSR count). The van der Waals surface area contributed by atoms with Crippen molar-refractivity contribution in [2.24, 2.45) is 7.05 Å². The highest BCUT2D eigenvalue weighted by atomic mass is 16.5. The number of hydrogen-bond donors (Lipinski definition) is 1. The maximum atomic E-state index is 5.87. The average Bonchev–Trinajstić information content (AvgIpc) is 3.15. The van der Waals surface area contributed by atoms with Crippen molar-refractivity contribution >= 4 is 0 Å². The van der Waals surface area contributed by atoms with Gasteiger partial charge < -0.3 is 10.1 Å². The smallest absolute Gasteiger partial charge is 0.114 e. The van der Waals surface area contributed by atoms with E-state index in [1.54, 1.807) is 0 Å². The minimum absolute atomic E-state index is 0.0838. The molecule has 2 aromatic rings. The highest BCUT2D eigenvalue weighted by molar-refractivity contribution is 5.10. The van der Waals surface area contributed by atoms with Gasteiger partial charge in [-0.05, 0) is 25.5 Å². The Balaban J connectivity index is 1.66. The van der Waals surface area contributed by atoms with E-state index in [2.05, 4.69) is 28.5 Å². The minimum Gasteiger partial charge on any atom is -0.370 e. The molecule has 0 aliphatic carbocycles. The lowest BCUT2D eigenvalue weighted by Gasteiger charge is -2.20. The van der Waals surface area contributed by atoms with Crippen LogP contribution in [0.25, 0.3) is 0 Å². The second kappa shape index (κ2) is 5.76. The summed E-state index contributed by atoms with van der Waals surface area (Å²) in [5.74, 6) is 0. The van der Waals surface area contributed by atoms with Crippen molar-refractivity contribution in [3.63, 3.8) is 0 Å². The summed E-state index contributed by atoms with van der Waals surface area (Å²) < 4.78 is 9.78. The maximum absolute atomic E-state index is 5.87. The summed E-state index contributed by atoms with van der Waals surface area (Å²) in [6, 6.07) is 4.41. The molecule has 0 aromatic carbocycles. The first-order valence-electron chi connectivity index (χ1n) is 7.13. The van der Waals surface area contributed by atoms with Gasteiger partial charge in [0.2, 0.25) is 0 Å². The van der Waals surface area contributed by atoms with Crippen LogP contribution in [0.5, 0.6) is 0 Å². The van der Waals surface area contributed by atoms with E-state index in [1.165, 1.54) is 5.69 Å². The van der Waals surface area contributed by atoms with E-state index in [4.69, 9.17) is 4.74 Å². The predicted molar refractivity (Wildman–Crippen MR) is 75.0 cm³/mol. The van der Waals surface area contributed by atoms with E-state index >= 15 is 0 Å². The Hall–Kier alpha value is -1.66. The fourth-order valence-electron chi connectivity index (χ4n) is 2.78. The molecule has 1 aliphatic rings. The van der Waals surface area contributed by atoms with Crippen LogP contribution in [0.1, 0.15) is 30.8 Å². The van der Waals surface area contributed by atoms with Gasteiger partial charge in [0, 0.05) is 45.2 Å². The summed E-state index contributed by atoms with van der Waals surface area (Å²) in [6.45, 7) is 4.61. The van der Waals surface area contributed by atoms with Gasteiger partial charge >= 0.3 is 0 Å². The summed E-state index contributed by atoms with van der Waals surface area (Å²) in [4.78, 5) is 0. The van der Waals surface area contributed by atoms with Crippen molar-refractivity contribution in [3.05, 3.63) is 35.9 Å². The quantitative estimate of drug-likeness (QED) is 0.892. The van der Waals surface area contributed by atoms with Crippen LogP contribution in [0, 0.1) is 0 Å². The SMILES string of the molecule is CCn1nccc1CN[C@H]1CCO[C@@H]1c1ccnn1C. The molecule has 1 aliphatic heterocycles. The summed E-state index contributed by atoms with van der Waals surface area (Å²) in [5, 5.41) is 12.1. The van der Waals surface area contributed by atoms with Gasteiger partial charge in [0.05, 0.1) is 11.4 Å². The molecule has 2 aromatic heterocycles. The third kappa shape index (κ3) is 2.48. The third-order valence-corrected chi connectivity index (χ3v) is 3.89. The number of nitrogens with zero attached hydrogens (tertiary/aromatic N) is 4. The van der Waals surface area contributed by atoms with Crippen molar-refractivity contribution in [1.29, 1.82) is 0 Å². The van der Waals surface area contributed by atoms with Gasteiger partial charge in [-0.3, -0.25) is 9.36 Å². The van der Waals surface area contributed by atoms with Gasteiger partial charge in [0.25, 0.3) is 0 Å². The van der Waals surface area contributed by atoms with Gasteiger partial charge in [0.1, 0.15) is 6.10 Å². The van der Waals surface area contributed by atoms with E-state index < -0.39 is 0 Å². The van der Waals surface area contributed by atoms with Crippen molar-refractivity contribution in [2.45, 2.75) is 38.6 Å². The van der Waals surface area contributed by atoms with Crippen LogP contribution in [0.15, 0.2) is 24.5 Å². The Labute approximate surface area is 118 Å². The molecule has 20 heavy (non-hydrogen) atoms. The molecule has 0 saturated carbocycles. The predicted octanol–water partition coefficient (Wildman–Crippen LogP) is 1.26. The lowest BCUT2D eigenvalue weighted by atomic mass is 10.1. The normalized spacial score (nSPS) is 22.5. The molecule has 0 bridgehead atoms.